The van der Waals surface area contributed by atoms with Gasteiger partial charge >= 0.3 is 0 Å². The number of aliphatic hydroxyl groups excluding tert-OH is 2. The molecule has 1 fully saturated rings. The Bertz CT molecular complexity index is 1910. The zero-order chi connectivity index (χ0) is 42.6. The van der Waals surface area contributed by atoms with Crippen molar-refractivity contribution < 1.29 is 80.5 Å². The van der Waals surface area contributed by atoms with Crippen molar-refractivity contribution >= 4 is 69.1 Å². The van der Waals surface area contributed by atoms with Crippen LogP contribution in [0, 0.1) is 5.41 Å². The lowest BCUT2D eigenvalue weighted by Gasteiger charge is -2.36. The molecule has 0 aromatic carbocycles. The number of imidazole rings is 1. The second kappa shape index (κ2) is 21.3. The van der Waals surface area contributed by atoms with Crippen LogP contribution >= 0.6 is 35.2 Å². The fraction of sp³-hybridized carbons (Fsp3) is 0.586. The third-order valence-electron chi connectivity index (χ3n) is 7.65. The summed E-state index contributed by atoms with van der Waals surface area (Å²) in [5.41, 5.74) is 4.06. The molecule has 3 rings (SSSR count). The number of aliphatic hydroxyl groups is 2. The van der Waals surface area contributed by atoms with Crippen LogP contribution in [-0.2, 0) is 50.7 Å². The summed E-state index contributed by atoms with van der Waals surface area (Å²) in [6.45, 7) is 2.06. The SMILES string of the molecule is CC/C=C\C/C=C/C(=O)SCCNC(=O)CCNC(=O)[C@H](O)C(C)(C)COP(=O)([O-])OP(=O)([O-])OC[C@H]1O[C@@H](n2cnc3c(N)ncnc32)[C@H](O)[C@@H]1OP(=O)([O-])[O-]. The van der Waals surface area contributed by atoms with Gasteiger partial charge in [0.1, 0.15) is 36.3 Å². The van der Waals surface area contributed by atoms with E-state index in [0.717, 1.165) is 35.4 Å². The van der Waals surface area contributed by atoms with Crippen molar-refractivity contribution in [2.75, 3.05) is 37.8 Å². The molecule has 1 aliphatic rings. The van der Waals surface area contributed by atoms with E-state index in [9.17, 15) is 57.9 Å². The highest BCUT2D eigenvalue weighted by atomic mass is 32.2. The number of nitrogens with zero attached hydrogens (tertiary/aromatic N) is 4. The normalized spacial score (nSPS) is 21.8. The Balaban J connectivity index is 1.47. The Hall–Kier alpha value is -2.96. The lowest BCUT2D eigenvalue weighted by molar-refractivity contribution is -0.347. The number of hydrogen-bond acceptors (Lipinski definition) is 22. The molecular weight excluding hydrogens is 843 g/mol. The first kappa shape index (κ1) is 48.4. The van der Waals surface area contributed by atoms with Crippen molar-refractivity contribution in [3.05, 3.63) is 37.0 Å². The summed E-state index contributed by atoms with van der Waals surface area (Å²) in [5.74, 6) is -1.25. The minimum atomic E-state index is -5.91. The highest BCUT2D eigenvalue weighted by Crippen LogP contribution is 2.56. The molecule has 6 N–H and O–H groups in total. The molecule has 7 atom stereocenters. The first-order chi connectivity index (χ1) is 26.6. The van der Waals surface area contributed by atoms with Crippen molar-refractivity contribution in [2.45, 2.75) is 70.7 Å². The number of phosphoric ester groups is 3. The molecule has 28 heteroatoms. The number of carbonyl (C=O) groups is 3. The first-order valence-corrected chi connectivity index (χ1v) is 22.2. The molecule has 2 unspecified atom stereocenters. The fourth-order valence-electron chi connectivity index (χ4n) is 4.81. The number of nitrogens with two attached hydrogens (primary N) is 1. The summed E-state index contributed by atoms with van der Waals surface area (Å²) >= 11 is 1.01. The van der Waals surface area contributed by atoms with E-state index in [1.807, 2.05) is 19.1 Å². The number of ether oxygens (including phenoxy) is 1. The zero-order valence-corrected chi connectivity index (χ0v) is 34.1. The average Bonchev–Trinajstić information content (AvgIpc) is 3.68. The number of hydrogen-bond donors (Lipinski definition) is 5. The van der Waals surface area contributed by atoms with Gasteiger partial charge in [-0.1, -0.05) is 50.8 Å². The predicted octanol–water partition coefficient (Wildman–Crippen LogP) is -1.95. The van der Waals surface area contributed by atoms with Gasteiger partial charge in [0.2, 0.25) is 16.9 Å². The van der Waals surface area contributed by atoms with Crippen molar-refractivity contribution in [1.29, 1.82) is 0 Å². The molecule has 0 saturated carbocycles. The molecule has 57 heavy (non-hydrogen) atoms. The number of fused-ring (bicyclic) bond motifs is 1. The maximum atomic E-state index is 12.5. The van der Waals surface area contributed by atoms with E-state index in [2.05, 4.69) is 43.5 Å². The van der Waals surface area contributed by atoms with Crippen LogP contribution in [0.3, 0.4) is 0 Å². The molecule has 24 nitrogen and oxygen atoms in total. The van der Waals surface area contributed by atoms with Gasteiger partial charge in [-0.05, 0) is 18.9 Å². The van der Waals surface area contributed by atoms with Crippen molar-refractivity contribution in [3.63, 3.8) is 0 Å². The molecule has 2 aromatic heterocycles. The number of phosphoric acid groups is 3. The van der Waals surface area contributed by atoms with Gasteiger partial charge in [-0.25, -0.2) is 19.3 Å². The standard InChI is InChI=1S/C29H46N7O17P3S/c1-4-5-6-7-8-9-20(38)57-13-12-31-19(37)10-11-32-27(41)24(40)29(2,3)15-50-56(47,48)53-55(45,46)49-14-18-23(52-54(42,43)44)22(39)28(51-18)36-17-35-21-25(30)33-16-34-26(21)36/h5-6,8-9,16-18,22-24,28,39-40H,4,7,10-15H2,1-3H3,(H,31,37)(H,32,41)(H,45,46)(H,47,48)(H2,30,33,34)(H2,42,43,44)/p-4/b6-5-,9-8+/t18-,22-,23-,24+,28-/m1/s1. The Morgan fingerprint density at radius 2 is 1.77 bits per heavy atom. The number of thioether (sulfide) groups is 1. The van der Waals surface area contributed by atoms with E-state index < -0.39 is 84.6 Å². The number of nitrogen functional groups attached to an aromatic ring is 1. The van der Waals surface area contributed by atoms with Gasteiger partial charge in [0, 0.05) is 30.7 Å². The quantitative estimate of drug-likeness (QED) is 0.0350. The molecule has 320 valence electrons. The highest BCUT2D eigenvalue weighted by molar-refractivity contribution is 8.14. The number of rotatable bonds is 23. The summed E-state index contributed by atoms with van der Waals surface area (Å²) < 4.78 is 60.5. The zero-order valence-electron chi connectivity index (χ0n) is 30.6. The maximum Gasteiger partial charge on any atom is 0.274 e. The van der Waals surface area contributed by atoms with Gasteiger partial charge in [-0.15, -0.1) is 0 Å². The molecule has 0 bridgehead atoms. The van der Waals surface area contributed by atoms with Gasteiger partial charge in [0.05, 0.1) is 27.4 Å². The van der Waals surface area contributed by atoms with Gasteiger partial charge in [0.25, 0.3) is 15.6 Å². The first-order valence-electron chi connectivity index (χ1n) is 16.9. The van der Waals surface area contributed by atoms with Crippen LogP contribution in [0.2, 0.25) is 0 Å². The van der Waals surface area contributed by atoms with E-state index in [-0.39, 0.29) is 41.6 Å². The number of allylic oxidation sites excluding steroid dienone is 3. The van der Waals surface area contributed by atoms with Crippen molar-refractivity contribution in [1.82, 2.24) is 30.2 Å². The van der Waals surface area contributed by atoms with Crippen LogP contribution in [0.4, 0.5) is 5.82 Å². The largest absolute Gasteiger partial charge is 0.790 e. The van der Waals surface area contributed by atoms with Gasteiger partial charge < -0.3 is 69.0 Å². The number of anilines is 1. The lowest BCUT2D eigenvalue weighted by Crippen LogP contribution is -2.46. The minimum absolute atomic E-state index is 0.0221. The minimum Gasteiger partial charge on any atom is -0.790 e. The fourth-order valence-corrected chi connectivity index (χ4v) is 8.15. The van der Waals surface area contributed by atoms with Gasteiger partial charge in [-0.3, -0.25) is 28.1 Å². The van der Waals surface area contributed by atoms with Crippen LogP contribution in [0.15, 0.2) is 37.0 Å². The third-order valence-corrected chi connectivity index (χ3v) is 11.5. The molecule has 1 saturated heterocycles. The highest BCUT2D eigenvalue weighted by Gasteiger charge is 2.47. The summed E-state index contributed by atoms with van der Waals surface area (Å²) in [5, 5.41) is 26.0. The number of carbonyl (C=O) groups excluding carboxylic acids is 3. The Kier molecular flexibility index (Phi) is 18.1. The van der Waals surface area contributed by atoms with Crippen LogP contribution in [-0.4, -0.2) is 103 Å². The van der Waals surface area contributed by atoms with E-state index >= 15 is 0 Å². The molecular formula is C29H42N7O17P3S-4. The molecule has 2 aromatic rings. The second-order valence-corrected chi connectivity index (χ2v) is 17.8. The van der Waals surface area contributed by atoms with Gasteiger partial charge in [-0.2, -0.15) is 0 Å². The van der Waals surface area contributed by atoms with Crippen LogP contribution in [0.25, 0.3) is 11.2 Å². The van der Waals surface area contributed by atoms with Crippen molar-refractivity contribution in [2.24, 2.45) is 5.41 Å². The number of nitrogens with one attached hydrogen (secondary N) is 2. The van der Waals surface area contributed by atoms with E-state index in [0.29, 0.717) is 12.2 Å². The maximum absolute atomic E-state index is 12.5. The lowest BCUT2D eigenvalue weighted by atomic mass is 9.87. The van der Waals surface area contributed by atoms with Crippen molar-refractivity contribution in [3.8, 4) is 0 Å². The Morgan fingerprint density at radius 1 is 1.07 bits per heavy atom. The number of amides is 2. The Labute approximate surface area is 330 Å². The molecule has 1 aliphatic heterocycles. The second-order valence-electron chi connectivity index (χ2n) is 12.7. The van der Waals surface area contributed by atoms with E-state index in [1.54, 1.807) is 6.08 Å². The van der Waals surface area contributed by atoms with Crippen LogP contribution < -0.4 is 35.9 Å². The molecule has 0 radical (unpaired) electrons. The predicted molar refractivity (Wildman–Crippen MR) is 191 cm³/mol. The van der Waals surface area contributed by atoms with E-state index in [1.165, 1.54) is 19.9 Å². The molecule has 2 amide bonds. The summed E-state index contributed by atoms with van der Waals surface area (Å²) in [4.78, 5) is 95.9. The average molecular weight is 886 g/mol. The summed E-state index contributed by atoms with van der Waals surface area (Å²) in [6.07, 6.45) is 1.00. The smallest absolute Gasteiger partial charge is 0.274 e. The van der Waals surface area contributed by atoms with Crippen LogP contribution in [0.1, 0.15) is 46.3 Å². The van der Waals surface area contributed by atoms with E-state index in [4.69, 9.17) is 10.5 Å². The van der Waals surface area contributed by atoms with Crippen LogP contribution in [0.5, 0.6) is 0 Å². The number of aromatic nitrogens is 4. The molecule has 0 spiro atoms. The topological polar surface area (TPSA) is 375 Å². The third kappa shape index (κ3) is 15.6. The molecule has 0 aliphatic carbocycles. The summed E-state index contributed by atoms with van der Waals surface area (Å²) in [7, 11) is -17.6. The summed E-state index contributed by atoms with van der Waals surface area (Å²) in [6, 6.07) is 0. The Morgan fingerprint density at radius 3 is 2.46 bits per heavy atom. The monoisotopic (exact) mass is 885 g/mol. The molecule has 3 heterocycles. The van der Waals surface area contributed by atoms with Gasteiger partial charge in [0.15, 0.2) is 17.7 Å².